The predicted molar refractivity (Wildman–Crippen MR) is 93.4 cm³/mol. The van der Waals surface area contributed by atoms with Gasteiger partial charge in [0.05, 0.1) is 20.1 Å². The van der Waals surface area contributed by atoms with Gasteiger partial charge in [0.2, 0.25) is 5.91 Å². The number of ether oxygens (including phenoxy) is 2. The van der Waals surface area contributed by atoms with Crippen LogP contribution < -0.4 is 14.8 Å². The minimum absolute atomic E-state index is 0.0251. The highest BCUT2D eigenvalue weighted by atomic mass is 32.1. The van der Waals surface area contributed by atoms with Gasteiger partial charge in [0.1, 0.15) is 0 Å². The van der Waals surface area contributed by atoms with E-state index >= 15 is 0 Å². The van der Waals surface area contributed by atoms with E-state index in [1.807, 2.05) is 37.3 Å². The Balaban J connectivity index is 1.90. The van der Waals surface area contributed by atoms with Crippen molar-refractivity contribution in [2.45, 2.75) is 33.2 Å². The molecule has 0 saturated heterocycles. The molecule has 0 aliphatic carbocycles. The Morgan fingerprint density at radius 3 is 2.70 bits per heavy atom. The average molecular weight is 333 g/mol. The second kappa shape index (κ2) is 8.58. The quantitative estimate of drug-likeness (QED) is 0.801. The molecule has 0 fully saturated rings. The molecule has 2 rings (SSSR count). The van der Waals surface area contributed by atoms with Gasteiger partial charge >= 0.3 is 0 Å². The summed E-state index contributed by atoms with van der Waals surface area (Å²) < 4.78 is 11.0. The van der Waals surface area contributed by atoms with Crippen molar-refractivity contribution in [1.29, 1.82) is 0 Å². The zero-order valence-electron chi connectivity index (χ0n) is 13.8. The maximum Gasteiger partial charge on any atom is 0.225 e. The highest BCUT2D eigenvalue weighted by Crippen LogP contribution is 2.28. The molecule has 1 amide bonds. The second-order valence-corrected chi connectivity index (χ2v) is 6.67. The molecular weight excluding hydrogens is 310 g/mol. The average Bonchev–Trinajstić information content (AvgIpc) is 2.96. The lowest BCUT2D eigenvalue weighted by Crippen LogP contribution is -2.24. The molecule has 5 heteroatoms. The van der Waals surface area contributed by atoms with Crippen molar-refractivity contribution in [3.05, 3.63) is 45.6 Å². The first kappa shape index (κ1) is 17.3. The van der Waals surface area contributed by atoms with Crippen LogP contribution in [0.25, 0.3) is 0 Å². The Hall–Kier alpha value is -2.01. The van der Waals surface area contributed by atoms with Crippen LogP contribution in [0.15, 0.2) is 30.3 Å². The summed E-state index contributed by atoms with van der Waals surface area (Å²) in [7, 11) is 1.62. The van der Waals surface area contributed by atoms with Crippen LogP contribution in [0.2, 0.25) is 0 Å². The third-order valence-corrected chi connectivity index (χ3v) is 4.31. The van der Waals surface area contributed by atoms with E-state index in [1.165, 1.54) is 4.88 Å². The van der Waals surface area contributed by atoms with Gasteiger partial charge in [-0.05, 0) is 43.2 Å². The van der Waals surface area contributed by atoms with Crippen LogP contribution in [0.3, 0.4) is 0 Å². The molecule has 0 radical (unpaired) electrons. The summed E-state index contributed by atoms with van der Waals surface area (Å²) in [4.78, 5) is 14.3. The van der Waals surface area contributed by atoms with Crippen molar-refractivity contribution in [2.75, 3.05) is 13.7 Å². The third-order valence-electron chi connectivity index (χ3n) is 3.31. The van der Waals surface area contributed by atoms with Crippen molar-refractivity contribution < 1.29 is 14.3 Å². The van der Waals surface area contributed by atoms with Crippen molar-refractivity contribution in [1.82, 2.24) is 5.32 Å². The molecule has 4 nitrogen and oxygen atoms in total. The molecule has 0 bridgehead atoms. The largest absolute Gasteiger partial charge is 0.493 e. The van der Waals surface area contributed by atoms with E-state index in [-0.39, 0.29) is 5.91 Å². The molecule has 124 valence electrons. The topological polar surface area (TPSA) is 47.6 Å². The second-order valence-electron chi connectivity index (χ2n) is 5.30. The van der Waals surface area contributed by atoms with Crippen molar-refractivity contribution in [3.63, 3.8) is 0 Å². The van der Waals surface area contributed by atoms with Gasteiger partial charge in [0.25, 0.3) is 0 Å². The SMILES string of the molecule is CCCOc1ccc(CNC(=O)Cc2ccc(C)s2)cc1OC. The van der Waals surface area contributed by atoms with Crippen LogP contribution in [-0.4, -0.2) is 19.6 Å². The molecule has 1 heterocycles. The molecule has 2 aromatic rings. The first-order valence-corrected chi connectivity index (χ1v) is 8.55. The zero-order valence-corrected chi connectivity index (χ0v) is 14.7. The summed E-state index contributed by atoms with van der Waals surface area (Å²) in [6.45, 7) is 5.24. The van der Waals surface area contributed by atoms with E-state index < -0.39 is 0 Å². The normalized spacial score (nSPS) is 10.4. The maximum atomic E-state index is 12.0. The summed E-state index contributed by atoms with van der Waals surface area (Å²) in [5, 5.41) is 2.94. The number of hydrogen-bond donors (Lipinski definition) is 1. The number of rotatable bonds is 8. The third kappa shape index (κ3) is 5.28. The molecular formula is C18H23NO3S. The van der Waals surface area contributed by atoms with Gasteiger partial charge in [-0.25, -0.2) is 0 Å². The Labute approximate surface area is 141 Å². The van der Waals surface area contributed by atoms with Crippen molar-refractivity contribution in [3.8, 4) is 11.5 Å². The number of amides is 1. The van der Waals surface area contributed by atoms with Gasteiger partial charge in [0, 0.05) is 16.3 Å². The smallest absolute Gasteiger partial charge is 0.225 e. The lowest BCUT2D eigenvalue weighted by Gasteiger charge is -2.12. The van der Waals surface area contributed by atoms with E-state index in [9.17, 15) is 4.79 Å². The first-order valence-electron chi connectivity index (χ1n) is 7.74. The van der Waals surface area contributed by atoms with E-state index in [0.717, 1.165) is 22.6 Å². The lowest BCUT2D eigenvalue weighted by atomic mass is 10.2. The fourth-order valence-electron chi connectivity index (χ4n) is 2.15. The Kier molecular flexibility index (Phi) is 6.47. The Bertz CT molecular complexity index is 651. The first-order chi connectivity index (χ1) is 11.1. The van der Waals surface area contributed by atoms with Gasteiger partial charge < -0.3 is 14.8 Å². The monoisotopic (exact) mass is 333 g/mol. The summed E-state index contributed by atoms with van der Waals surface area (Å²) in [5.41, 5.74) is 0.987. The number of methoxy groups -OCH3 is 1. The predicted octanol–water partition coefficient (Wildman–Crippen LogP) is 3.71. The summed E-state index contributed by atoms with van der Waals surface area (Å²) in [6, 6.07) is 9.78. The highest BCUT2D eigenvalue weighted by Gasteiger charge is 2.08. The van der Waals surface area contributed by atoms with Gasteiger partial charge in [-0.2, -0.15) is 0 Å². The highest BCUT2D eigenvalue weighted by molar-refractivity contribution is 7.12. The van der Waals surface area contributed by atoms with E-state index in [0.29, 0.717) is 25.3 Å². The minimum Gasteiger partial charge on any atom is -0.493 e. The number of benzene rings is 1. The summed E-state index contributed by atoms with van der Waals surface area (Å²) in [6.07, 6.45) is 1.37. The Morgan fingerprint density at radius 1 is 1.22 bits per heavy atom. The molecule has 0 atom stereocenters. The molecule has 0 spiro atoms. The van der Waals surface area contributed by atoms with Crippen molar-refractivity contribution >= 4 is 17.2 Å². The molecule has 1 aromatic heterocycles. The summed E-state index contributed by atoms with van der Waals surface area (Å²) in [5.74, 6) is 1.45. The van der Waals surface area contributed by atoms with Crippen molar-refractivity contribution in [2.24, 2.45) is 0 Å². The number of carbonyl (C=O) groups is 1. The fourth-order valence-corrected chi connectivity index (χ4v) is 3.04. The van der Waals surface area contributed by atoms with E-state index in [1.54, 1.807) is 18.4 Å². The van der Waals surface area contributed by atoms with Gasteiger partial charge in [0.15, 0.2) is 11.5 Å². The number of aryl methyl sites for hydroxylation is 1. The fraction of sp³-hybridized carbons (Fsp3) is 0.389. The molecule has 23 heavy (non-hydrogen) atoms. The molecule has 0 saturated carbocycles. The zero-order chi connectivity index (χ0) is 16.7. The van der Waals surface area contributed by atoms with Gasteiger partial charge in [-0.3, -0.25) is 4.79 Å². The van der Waals surface area contributed by atoms with Gasteiger partial charge in [-0.1, -0.05) is 13.0 Å². The molecule has 1 N–H and O–H groups in total. The number of carbonyl (C=O) groups excluding carboxylic acids is 1. The number of hydrogen-bond acceptors (Lipinski definition) is 4. The number of thiophene rings is 1. The molecule has 0 aliphatic heterocycles. The Morgan fingerprint density at radius 2 is 2.04 bits per heavy atom. The van der Waals surface area contributed by atoms with Crippen LogP contribution in [0.5, 0.6) is 11.5 Å². The van der Waals surface area contributed by atoms with E-state index in [2.05, 4.69) is 12.2 Å². The molecule has 0 aliphatic rings. The van der Waals surface area contributed by atoms with Crippen LogP contribution in [0, 0.1) is 6.92 Å². The minimum atomic E-state index is 0.0251. The van der Waals surface area contributed by atoms with Gasteiger partial charge in [-0.15, -0.1) is 11.3 Å². The van der Waals surface area contributed by atoms with Crippen LogP contribution in [0.4, 0.5) is 0 Å². The molecule has 1 aromatic carbocycles. The van der Waals surface area contributed by atoms with Crippen LogP contribution in [-0.2, 0) is 17.8 Å². The lowest BCUT2D eigenvalue weighted by molar-refractivity contribution is -0.120. The summed E-state index contributed by atoms with van der Waals surface area (Å²) >= 11 is 1.66. The van der Waals surface area contributed by atoms with Crippen LogP contribution in [0.1, 0.15) is 28.7 Å². The van der Waals surface area contributed by atoms with E-state index in [4.69, 9.17) is 9.47 Å². The molecule has 0 unspecified atom stereocenters. The standard InChI is InChI=1S/C18H23NO3S/c1-4-9-22-16-8-6-14(10-17(16)21-3)12-19-18(20)11-15-7-5-13(2)23-15/h5-8,10H,4,9,11-12H2,1-3H3,(H,19,20). The maximum absolute atomic E-state index is 12.0. The number of nitrogens with one attached hydrogen (secondary N) is 1. The van der Waals surface area contributed by atoms with Crippen LogP contribution >= 0.6 is 11.3 Å².